The van der Waals surface area contributed by atoms with Crippen molar-refractivity contribution in [1.82, 2.24) is 36.3 Å². The number of nitrogens with two attached hydrogens (primary N) is 1. The molecule has 0 spiro atoms. The van der Waals surface area contributed by atoms with E-state index < -0.39 is 110 Å². The largest absolute Gasteiger partial charge is 0.480 e. The van der Waals surface area contributed by atoms with Crippen LogP contribution in [0.5, 0.6) is 0 Å². The van der Waals surface area contributed by atoms with Crippen molar-refractivity contribution in [2.24, 2.45) is 11.1 Å². The van der Waals surface area contributed by atoms with Crippen molar-refractivity contribution in [3.05, 3.63) is 88.7 Å². The maximum Gasteiger partial charge on any atom is 0.417 e. The van der Waals surface area contributed by atoms with Crippen LogP contribution in [0.25, 0.3) is 0 Å². The van der Waals surface area contributed by atoms with Crippen molar-refractivity contribution < 1.29 is 55.5 Å². The number of carbonyl (C=O) groups excluding carboxylic acids is 5. The molecule has 3 atom stereocenters. The molecule has 5 amide bonds. The van der Waals surface area contributed by atoms with Crippen LogP contribution in [0.4, 0.5) is 18.9 Å². The summed E-state index contributed by atoms with van der Waals surface area (Å²) in [6.45, 7) is 6.25. The van der Waals surface area contributed by atoms with Crippen LogP contribution >= 0.6 is 11.6 Å². The lowest BCUT2D eigenvalue weighted by atomic mass is 9.85. The predicted octanol–water partition coefficient (Wildman–Crippen LogP) is 2.09. The Morgan fingerprint density at radius 1 is 0.891 bits per heavy atom. The standard InChI is InChI=1S/C41H51ClF3N9O9S/c1-39(2,3)34(37(59)51-26-6-4-25(5-7-26)35(57)50-23-40(46)14-18-48-19-15-40)53-36(58)31(20-24-12-16-47-17-13-24)52-33(56)22-49-32(55)11-10-30(38(60)61)54-64(62,63)27-8-9-29(42)28(21-27)41(43,44)45/h4-9,12-13,16-17,21,30-31,34,48,54H,10-11,14-15,18-20,22-23,46H2,1-3H3,(H,49,55)(H,50,57)(H,51,59)(H,52,56)(H,53,58)(H,60,61)/t30-,31-,34+/m0/s1. The van der Waals surface area contributed by atoms with Gasteiger partial charge in [-0.2, -0.15) is 17.9 Å². The van der Waals surface area contributed by atoms with Crippen molar-refractivity contribution >= 4 is 62.8 Å². The van der Waals surface area contributed by atoms with Gasteiger partial charge in [-0.1, -0.05) is 32.4 Å². The predicted molar refractivity (Wildman–Crippen MR) is 228 cm³/mol. The lowest BCUT2D eigenvalue weighted by Gasteiger charge is -2.33. The summed E-state index contributed by atoms with van der Waals surface area (Å²) in [7, 11) is -4.85. The Morgan fingerprint density at radius 2 is 1.53 bits per heavy atom. The number of carboxylic acids is 1. The molecule has 23 heteroatoms. The summed E-state index contributed by atoms with van der Waals surface area (Å²) >= 11 is 5.56. The number of aliphatic carboxylic acids is 1. The normalized spacial score (nSPS) is 15.4. The van der Waals surface area contributed by atoms with Gasteiger partial charge < -0.3 is 42.7 Å². The summed E-state index contributed by atoms with van der Waals surface area (Å²) in [5, 5.41) is 25.2. The number of hydrogen-bond acceptors (Lipinski definition) is 11. The molecule has 0 bridgehead atoms. The molecule has 18 nitrogen and oxygen atoms in total. The van der Waals surface area contributed by atoms with Crippen LogP contribution in [-0.4, -0.2) is 104 Å². The second kappa shape index (κ2) is 21.8. The average molecular weight is 938 g/mol. The Hall–Kier alpha value is -5.68. The van der Waals surface area contributed by atoms with E-state index in [4.69, 9.17) is 17.3 Å². The highest BCUT2D eigenvalue weighted by atomic mass is 35.5. The first-order chi connectivity index (χ1) is 29.9. The molecule has 1 aliphatic heterocycles. The Balaban J connectivity index is 1.36. The monoisotopic (exact) mass is 937 g/mol. The zero-order valence-electron chi connectivity index (χ0n) is 35.1. The van der Waals surface area contributed by atoms with Gasteiger partial charge in [0, 0.05) is 48.6 Å². The topological polar surface area (TPSA) is 280 Å². The summed E-state index contributed by atoms with van der Waals surface area (Å²) in [5.41, 5.74) is 4.83. The number of alkyl halides is 3. The molecule has 0 aliphatic carbocycles. The molecule has 0 saturated carbocycles. The summed E-state index contributed by atoms with van der Waals surface area (Å²) in [6, 6.07) is 6.62. The van der Waals surface area contributed by atoms with Gasteiger partial charge in [0.05, 0.1) is 22.0 Å². The maximum absolute atomic E-state index is 13.9. The molecular weight excluding hydrogens is 887 g/mol. The number of amides is 5. The van der Waals surface area contributed by atoms with E-state index in [1.165, 1.54) is 36.7 Å². The van der Waals surface area contributed by atoms with Crippen molar-refractivity contribution in [2.45, 2.75) is 87.6 Å². The lowest BCUT2D eigenvalue weighted by molar-refractivity contribution is -0.139. The molecule has 10 N–H and O–H groups in total. The van der Waals surface area contributed by atoms with Gasteiger partial charge in [0.25, 0.3) is 5.91 Å². The Bertz CT molecular complexity index is 2280. The molecule has 64 heavy (non-hydrogen) atoms. The van der Waals surface area contributed by atoms with Crippen LogP contribution in [0.15, 0.2) is 71.9 Å². The van der Waals surface area contributed by atoms with E-state index in [1.807, 2.05) is 0 Å². The number of nitrogens with one attached hydrogen (secondary N) is 7. The molecule has 1 saturated heterocycles. The van der Waals surface area contributed by atoms with Gasteiger partial charge in [-0.15, -0.1) is 0 Å². The number of sulfonamides is 1. The van der Waals surface area contributed by atoms with E-state index in [1.54, 1.807) is 37.6 Å². The fourth-order valence-electron chi connectivity index (χ4n) is 6.43. The van der Waals surface area contributed by atoms with E-state index in [2.05, 4.69) is 36.9 Å². The van der Waals surface area contributed by atoms with Gasteiger partial charge in [-0.05, 0) is 97.9 Å². The van der Waals surface area contributed by atoms with Crippen LogP contribution in [0.1, 0.15) is 67.9 Å². The zero-order valence-corrected chi connectivity index (χ0v) is 36.7. The number of anilines is 1. The molecular formula is C41H51ClF3N9O9S. The summed E-state index contributed by atoms with van der Waals surface area (Å²) in [5.74, 6) is -5.19. The lowest BCUT2D eigenvalue weighted by Crippen LogP contribution is -2.57. The van der Waals surface area contributed by atoms with Crippen LogP contribution in [-0.2, 0) is 46.6 Å². The molecule has 1 fully saturated rings. The third kappa shape index (κ3) is 15.2. The number of halogens is 4. The van der Waals surface area contributed by atoms with Crippen molar-refractivity contribution in [1.29, 1.82) is 0 Å². The molecule has 3 aromatic rings. The second-order valence-electron chi connectivity index (χ2n) is 16.3. The number of piperidine rings is 1. The number of aromatic nitrogens is 1. The minimum absolute atomic E-state index is 0.0727. The Morgan fingerprint density at radius 3 is 2.12 bits per heavy atom. The molecule has 2 heterocycles. The van der Waals surface area contributed by atoms with E-state index in [-0.39, 0.29) is 18.4 Å². The first kappa shape index (κ1) is 51.0. The number of rotatable bonds is 19. The SMILES string of the molecule is CC(C)(C)[C@H](NC(=O)[C@H](Cc1ccncc1)NC(=O)CNC(=O)CC[C@H](NS(=O)(=O)c1ccc(Cl)c(C(F)(F)F)c1)C(=O)O)C(=O)Nc1ccc(C(=O)NCC2(N)CCNCC2)cc1. The number of hydrogen-bond donors (Lipinski definition) is 9. The molecule has 1 aliphatic rings. The van der Waals surface area contributed by atoms with Gasteiger partial charge >= 0.3 is 12.1 Å². The highest BCUT2D eigenvalue weighted by Crippen LogP contribution is 2.36. The zero-order chi connectivity index (χ0) is 47.5. The average Bonchev–Trinajstić information content (AvgIpc) is 3.22. The maximum atomic E-state index is 13.9. The molecule has 2 aromatic carbocycles. The number of benzene rings is 2. The third-order valence-electron chi connectivity index (χ3n) is 10.1. The molecule has 0 unspecified atom stereocenters. The third-order valence-corrected chi connectivity index (χ3v) is 11.9. The van der Waals surface area contributed by atoms with Crippen LogP contribution < -0.4 is 42.4 Å². The molecule has 0 radical (unpaired) electrons. The minimum Gasteiger partial charge on any atom is -0.480 e. The van der Waals surface area contributed by atoms with Gasteiger partial charge in [0.1, 0.15) is 18.1 Å². The first-order valence-electron chi connectivity index (χ1n) is 19.9. The van der Waals surface area contributed by atoms with Crippen molar-refractivity contribution in [2.75, 3.05) is 31.5 Å². The fourth-order valence-corrected chi connectivity index (χ4v) is 7.90. The van der Waals surface area contributed by atoms with Crippen LogP contribution in [0.3, 0.4) is 0 Å². The quantitative estimate of drug-likeness (QED) is 0.0836. The fraction of sp³-hybridized carbons (Fsp3) is 0.439. The number of carboxylic acid groups (broad SMARTS) is 1. The summed E-state index contributed by atoms with van der Waals surface area (Å²) in [6.07, 6.45) is -2.02. The Kier molecular flexibility index (Phi) is 17.4. The second-order valence-corrected chi connectivity index (χ2v) is 18.4. The molecule has 1 aromatic heterocycles. The smallest absolute Gasteiger partial charge is 0.417 e. The van der Waals surface area contributed by atoms with Crippen molar-refractivity contribution in [3.63, 3.8) is 0 Å². The molecule has 348 valence electrons. The number of carbonyl (C=O) groups is 6. The van der Waals surface area contributed by atoms with E-state index in [0.29, 0.717) is 42.3 Å². The Labute approximate surface area is 372 Å². The van der Waals surface area contributed by atoms with E-state index in [9.17, 15) is 55.5 Å². The summed E-state index contributed by atoms with van der Waals surface area (Å²) in [4.78, 5) is 81.1. The van der Waals surface area contributed by atoms with E-state index >= 15 is 0 Å². The van der Waals surface area contributed by atoms with Gasteiger partial charge in [-0.25, -0.2) is 8.42 Å². The first-order valence-corrected chi connectivity index (χ1v) is 21.8. The van der Waals surface area contributed by atoms with Gasteiger partial charge in [-0.3, -0.25) is 33.8 Å². The summed E-state index contributed by atoms with van der Waals surface area (Å²) < 4.78 is 67.3. The van der Waals surface area contributed by atoms with Crippen molar-refractivity contribution in [3.8, 4) is 0 Å². The van der Waals surface area contributed by atoms with Crippen LogP contribution in [0.2, 0.25) is 5.02 Å². The number of pyridine rings is 1. The minimum atomic E-state index is -5.01. The highest BCUT2D eigenvalue weighted by Gasteiger charge is 2.37. The van der Waals surface area contributed by atoms with Gasteiger partial charge in [0.2, 0.25) is 33.7 Å². The van der Waals surface area contributed by atoms with Gasteiger partial charge in [0.15, 0.2) is 0 Å². The molecule has 4 rings (SSSR count). The highest BCUT2D eigenvalue weighted by molar-refractivity contribution is 7.89. The van der Waals surface area contributed by atoms with E-state index in [0.717, 1.165) is 19.2 Å². The van der Waals surface area contributed by atoms with Crippen LogP contribution in [0, 0.1) is 5.41 Å². The number of nitrogens with zero attached hydrogens (tertiary/aromatic N) is 1.